The number of halogens is 2. The average molecular weight is 410 g/mol. The average Bonchev–Trinajstić information content (AvgIpc) is 2.61. The second kappa shape index (κ2) is 9.25. The van der Waals surface area contributed by atoms with Crippen LogP contribution in [0.1, 0.15) is 27.1 Å². The fourth-order valence-electron chi connectivity index (χ4n) is 2.27. The minimum Gasteiger partial charge on any atom is -0.494 e. The van der Waals surface area contributed by atoms with Gasteiger partial charge in [-0.2, -0.15) is 0 Å². The van der Waals surface area contributed by atoms with Gasteiger partial charge in [-0.3, -0.25) is 14.4 Å². The van der Waals surface area contributed by atoms with Gasteiger partial charge in [-0.1, -0.05) is 35.3 Å². The van der Waals surface area contributed by atoms with Gasteiger partial charge in [-0.25, -0.2) is 0 Å². The van der Waals surface area contributed by atoms with Crippen LogP contribution in [0.5, 0.6) is 5.75 Å². The summed E-state index contributed by atoms with van der Waals surface area (Å²) < 4.78 is 5.05. The number of hydrogen-bond donors (Lipinski definition) is 3. The number of anilines is 1. The number of hydrogen-bond acceptors (Lipinski definition) is 4. The van der Waals surface area contributed by atoms with Crippen molar-refractivity contribution in [3.05, 3.63) is 57.6 Å². The molecule has 142 valence electrons. The fraction of sp³-hybridized carbons (Fsp3) is 0.167. The lowest BCUT2D eigenvalue weighted by atomic mass is 10.1. The van der Waals surface area contributed by atoms with Gasteiger partial charge in [0.25, 0.3) is 11.8 Å². The van der Waals surface area contributed by atoms with Crippen LogP contribution in [0.4, 0.5) is 5.69 Å². The van der Waals surface area contributed by atoms with E-state index in [1.54, 1.807) is 24.3 Å². The Kier molecular flexibility index (Phi) is 7.04. The molecule has 0 unspecified atom stereocenters. The molecule has 3 amide bonds. The van der Waals surface area contributed by atoms with Gasteiger partial charge in [0.2, 0.25) is 5.91 Å². The zero-order valence-electron chi connectivity index (χ0n) is 14.3. The molecule has 2 rings (SSSR count). The summed E-state index contributed by atoms with van der Waals surface area (Å²) in [5.74, 6) is -1.20. The van der Waals surface area contributed by atoms with Crippen molar-refractivity contribution in [3.8, 4) is 5.75 Å². The molecule has 0 saturated heterocycles. The number of ether oxygens (including phenoxy) is 1. The molecule has 4 N–H and O–H groups in total. The largest absolute Gasteiger partial charge is 0.494 e. The summed E-state index contributed by atoms with van der Waals surface area (Å²) in [5, 5.41) is 5.59. The van der Waals surface area contributed by atoms with Crippen LogP contribution >= 0.6 is 23.2 Å². The van der Waals surface area contributed by atoms with E-state index in [1.165, 1.54) is 19.2 Å². The second-order valence-electron chi connectivity index (χ2n) is 5.45. The molecule has 0 aliphatic carbocycles. The molecule has 0 heterocycles. The van der Waals surface area contributed by atoms with Gasteiger partial charge in [0.1, 0.15) is 0 Å². The van der Waals surface area contributed by atoms with Gasteiger partial charge < -0.3 is 21.1 Å². The molecule has 0 atom stereocenters. The van der Waals surface area contributed by atoms with Crippen LogP contribution in [-0.2, 0) is 4.79 Å². The first-order valence-electron chi connectivity index (χ1n) is 7.83. The number of para-hydroxylation sites is 1. The SMILES string of the molecule is COc1c(Cl)cc(C(=O)Nc2ccccc2C(=O)NCCC(N)=O)cc1Cl. The normalized spacial score (nSPS) is 10.2. The maximum Gasteiger partial charge on any atom is 0.255 e. The topological polar surface area (TPSA) is 111 Å². The van der Waals surface area contributed by atoms with Crippen LogP contribution in [-0.4, -0.2) is 31.4 Å². The highest BCUT2D eigenvalue weighted by atomic mass is 35.5. The quantitative estimate of drug-likeness (QED) is 0.652. The van der Waals surface area contributed by atoms with E-state index in [9.17, 15) is 14.4 Å². The van der Waals surface area contributed by atoms with Crippen molar-refractivity contribution in [2.75, 3.05) is 19.0 Å². The number of carbonyl (C=O) groups excluding carboxylic acids is 3. The van der Waals surface area contributed by atoms with Crippen LogP contribution in [0, 0.1) is 0 Å². The molecule has 0 bridgehead atoms. The molecular weight excluding hydrogens is 393 g/mol. The molecule has 7 nitrogen and oxygen atoms in total. The van der Waals surface area contributed by atoms with E-state index < -0.39 is 17.7 Å². The summed E-state index contributed by atoms with van der Waals surface area (Å²) in [7, 11) is 1.42. The molecule has 0 spiro atoms. The first-order chi connectivity index (χ1) is 12.8. The summed E-state index contributed by atoms with van der Waals surface area (Å²) >= 11 is 12.1. The van der Waals surface area contributed by atoms with Crippen molar-refractivity contribution >= 4 is 46.6 Å². The van der Waals surface area contributed by atoms with Crippen molar-refractivity contribution in [2.45, 2.75) is 6.42 Å². The van der Waals surface area contributed by atoms with Gasteiger partial charge in [0, 0.05) is 18.5 Å². The molecule has 2 aromatic rings. The van der Waals surface area contributed by atoms with Gasteiger partial charge in [-0.05, 0) is 24.3 Å². The van der Waals surface area contributed by atoms with Crippen LogP contribution in [0.3, 0.4) is 0 Å². The van der Waals surface area contributed by atoms with Gasteiger partial charge in [0.15, 0.2) is 5.75 Å². The molecule has 0 aromatic heterocycles. The summed E-state index contributed by atoms with van der Waals surface area (Å²) in [4.78, 5) is 35.6. The Labute approximate surface area is 165 Å². The van der Waals surface area contributed by atoms with Crippen molar-refractivity contribution in [3.63, 3.8) is 0 Å². The van der Waals surface area contributed by atoms with Crippen molar-refractivity contribution in [1.82, 2.24) is 5.32 Å². The van der Waals surface area contributed by atoms with Crippen LogP contribution in [0.15, 0.2) is 36.4 Å². The Bertz CT molecular complexity index is 864. The van der Waals surface area contributed by atoms with Crippen molar-refractivity contribution < 1.29 is 19.1 Å². The minimum absolute atomic E-state index is 0.0170. The third kappa shape index (κ3) is 5.35. The lowest BCUT2D eigenvalue weighted by molar-refractivity contribution is -0.117. The molecule has 27 heavy (non-hydrogen) atoms. The Hall–Kier alpha value is -2.77. The van der Waals surface area contributed by atoms with E-state index >= 15 is 0 Å². The molecule has 0 radical (unpaired) electrons. The monoisotopic (exact) mass is 409 g/mol. The van der Waals surface area contributed by atoms with Crippen LogP contribution in [0.25, 0.3) is 0 Å². The van der Waals surface area contributed by atoms with Crippen molar-refractivity contribution in [2.24, 2.45) is 5.73 Å². The van der Waals surface area contributed by atoms with E-state index in [1.807, 2.05) is 0 Å². The first-order valence-corrected chi connectivity index (χ1v) is 8.59. The number of nitrogens with one attached hydrogen (secondary N) is 2. The minimum atomic E-state index is -0.523. The number of rotatable bonds is 7. The third-order valence-electron chi connectivity index (χ3n) is 3.54. The predicted molar refractivity (Wildman–Crippen MR) is 104 cm³/mol. The Balaban J connectivity index is 2.19. The van der Waals surface area contributed by atoms with E-state index in [0.717, 1.165) is 0 Å². The zero-order chi connectivity index (χ0) is 20.0. The fourth-order valence-corrected chi connectivity index (χ4v) is 2.91. The number of nitrogens with two attached hydrogens (primary N) is 1. The van der Waals surface area contributed by atoms with E-state index in [0.29, 0.717) is 5.69 Å². The molecule has 0 aliphatic rings. The van der Waals surface area contributed by atoms with Crippen LogP contribution in [0.2, 0.25) is 10.0 Å². The Morgan fingerprint density at radius 3 is 2.30 bits per heavy atom. The number of carbonyl (C=O) groups is 3. The Morgan fingerprint density at radius 2 is 1.70 bits per heavy atom. The van der Waals surface area contributed by atoms with Gasteiger partial charge in [0.05, 0.1) is 28.4 Å². The van der Waals surface area contributed by atoms with E-state index in [2.05, 4.69) is 10.6 Å². The lowest BCUT2D eigenvalue weighted by Crippen LogP contribution is -2.28. The maximum absolute atomic E-state index is 12.5. The Morgan fingerprint density at radius 1 is 1.07 bits per heavy atom. The summed E-state index contributed by atoms with van der Waals surface area (Å²) in [6.45, 7) is 0.0974. The first kappa shape index (κ1) is 20.5. The highest BCUT2D eigenvalue weighted by Gasteiger charge is 2.17. The molecular formula is C18H17Cl2N3O4. The highest BCUT2D eigenvalue weighted by Crippen LogP contribution is 2.34. The molecule has 0 saturated carbocycles. The van der Waals surface area contributed by atoms with E-state index in [4.69, 9.17) is 33.7 Å². The summed E-state index contributed by atoms with van der Waals surface area (Å²) in [5.41, 5.74) is 5.78. The highest BCUT2D eigenvalue weighted by molar-refractivity contribution is 6.37. The third-order valence-corrected chi connectivity index (χ3v) is 4.10. The zero-order valence-corrected chi connectivity index (χ0v) is 15.9. The second-order valence-corrected chi connectivity index (χ2v) is 6.26. The number of primary amides is 1. The summed E-state index contributed by atoms with van der Waals surface area (Å²) in [6, 6.07) is 9.27. The number of benzene rings is 2. The molecule has 2 aromatic carbocycles. The van der Waals surface area contributed by atoms with E-state index in [-0.39, 0.29) is 39.9 Å². The number of amides is 3. The molecule has 0 aliphatic heterocycles. The lowest BCUT2D eigenvalue weighted by Gasteiger charge is -2.12. The van der Waals surface area contributed by atoms with Gasteiger partial charge in [-0.15, -0.1) is 0 Å². The molecule has 0 fully saturated rings. The summed E-state index contributed by atoms with van der Waals surface area (Å²) in [6.07, 6.45) is 0.0170. The standard InChI is InChI=1S/C18H17Cl2N3O4/c1-27-16-12(19)8-10(9-13(16)20)17(25)23-14-5-3-2-4-11(14)18(26)22-7-6-15(21)24/h2-5,8-9H,6-7H2,1H3,(H2,21,24)(H,22,26)(H,23,25). The number of methoxy groups -OCH3 is 1. The molecule has 9 heteroatoms. The maximum atomic E-state index is 12.5. The van der Waals surface area contributed by atoms with Crippen molar-refractivity contribution in [1.29, 1.82) is 0 Å². The van der Waals surface area contributed by atoms with Crippen LogP contribution < -0.4 is 21.1 Å². The smallest absolute Gasteiger partial charge is 0.255 e. The predicted octanol–water partition coefficient (Wildman–Crippen LogP) is 2.86. The van der Waals surface area contributed by atoms with Gasteiger partial charge >= 0.3 is 0 Å².